The van der Waals surface area contributed by atoms with E-state index in [2.05, 4.69) is 0 Å². The second-order valence-electron chi connectivity index (χ2n) is 6.42. The van der Waals surface area contributed by atoms with Crippen molar-refractivity contribution in [2.45, 2.75) is 30.3 Å². The molecule has 5 nitrogen and oxygen atoms in total. The summed E-state index contributed by atoms with van der Waals surface area (Å²) in [6, 6.07) is 2.57. The Morgan fingerprint density at radius 2 is 1.96 bits per heavy atom. The highest BCUT2D eigenvalue weighted by molar-refractivity contribution is 7.89. The molecule has 1 aromatic rings. The minimum Gasteiger partial charge on any atom is -0.372 e. The molecule has 2 heterocycles. The van der Waals surface area contributed by atoms with E-state index >= 15 is 0 Å². The molecule has 0 radical (unpaired) electrons. The minimum absolute atomic E-state index is 0.256. The molecular formula is C16H23F2N2O3S+. The number of quaternary nitrogens is 1. The maximum Gasteiger partial charge on any atom is 0.246 e. The number of halogens is 2. The zero-order valence-corrected chi connectivity index (χ0v) is 14.3. The second-order valence-corrected chi connectivity index (χ2v) is 8.33. The fourth-order valence-electron chi connectivity index (χ4n) is 3.36. The number of sulfonamides is 1. The average Bonchev–Trinajstić information content (AvgIpc) is 2.56. The van der Waals surface area contributed by atoms with Crippen molar-refractivity contribution in [3.05, 3.63) is 29.8 Å². The monoisotopic (exact) mass is 361 g/mol. The highest BCUT2D eigenvalue weighted by Crippen LogP contribution is 2.20. The first-order valence-corrected chi connectivity index (χ1v) is 9.81. The Bertz CT molecular complexity index is 670. The van der Waals surface area contributed by atoms with Gasteiger partial charge >= 0.3 is 0 Å². The fraction of sp³-hybridized carbons (Fsp3) is 0.625. The Morgan fingerprint density at radius 3 is 2.58 bits per heavy atom. The van der Waals surface area contributed by atoms with Gasteiger partial charge in [0.1, 0.15) is 29.2 Å². The summed E-state index contributed by atoms with van der Waals surface area (Å²) >= 11 is 0. The summed E-state index contributed by atoms with van der Waals surface area (Å²) < 4.78 is 58.9. The van der Waals surface area contributed by atoms with E-state index < -0.39 is 26.6 Å². The van der Waals surface area contributed by atoms with E-state index in [1.807, 2.05) is 0 Å². The molecule has 0 amide bonds. The van der Waals surface area contributed by atoms with Gasteiger partial charge in [-0.1, -0.05) is 0 Å². The molecular weight excluding hydrogens is 338 g/mol. The van der Waals surface area contributed by atoms with Gasteiger partial charge in [-0.15, -0.1) is 0 Å². The summed E-state index contributed by atoms with van der Waals surface area (Å²) in [4.78, 5) is 0.857. The summed E-state index contributed by atoms with van der Waals surface area (Å²) in [5.41, 5.74) is 0. The van der Waals surface area contributed by atoms with Crippen LogP contribution in [0.1, 0.15) is 19.3 Å². The average molecular weight is 361 g/mol. The normalized spacial score (nSPS) is 24.2. The molecule has 0 bridgehead atoms. The summed E-state index contributed by atoms with van der Waals surface area (Å²) in [5, 5.41) is 0. The van der Waals surface area contributed by atoms with Gasteiger partial charge in [0, 0.05) is 12.7 Å². The van der Waals surface area contributed by atoms with Crippen LogP contribution in [0.2, 0.25) is 0 Å². The Labute approximate surface area is 141 Å². The van der Waals surface area contributed by atoms with Gasteiger partial charge in [-0.25, -0.2) is 17.2 Å². The lowest BCUT2D eigenvalue weighted by molar-refractivity contribution is -0.907. The number of nitrogens with zero attached hydrogens (tertiary/aromatic N) is 1. The van der Waals surface area contributed by atoms with E-state index in [1.165, 1.54) is 15.6 Å². The molecule has 2 aliphatic rings. The van der Waals surface area contributed by atoms with Crippen LogP contribution < -0.4 is 4.90 Å². The predicted octanol–water partition coefficient (Wildman–Crippen LogP) is 0.423. The highest BCUT2D eigenvalue weighted by Gasteiger charge is 2.33. The summed E-state index contributed by atoms with van der Waals surface area (Å²) in [6.45, 7) is 3.70. The molecule has 8 heteroatoms. The van der Waals surface area contributed by atoms with Crippen molar-refractivity contribution in [3.63, 3.8) is 0 Å². The molecule has 1 atom stereocenters. The molecule has 0 unspecified atom stereocenters. The first kappa shape index (κ1) is 17.7. The van der Waals surface area contributed by atoms with Crippen LogP contribution in [-0.2, 0) is 14.8 Å². The van der Waals surface area contributed by atoms with Crippen molar-refractivity contribution in [3.8, 4) is 0 Å². The molecule has 134 valence electrons. The molecule has 0 saturated carbocycles. The van der Waals surface area contributed by atoms with Crippen LogP contribution in [0.4, 0.5) is 8.78 Å². The molecule has 3 rings (SSSR count). The summed E-state index contributed by atoms with van der Waals surface area (Å²) in [6.07, 6.45) is 3.61. The lowest BCUT2D eigenvalue weighted by Gasteiger charge is -2.34. The molecule has 1 N–H and O–H groups in total. The van der Waals surface area contributed by atoms with Gasteiger partial charge in [-0.05, 0) is 31.4 Å². The van der Waals surface area contributed by atoms with Gasteiger partial charge in [0.15, 0.2) is 0 Å². The van der Waals surface area contributed by atoms with Crippen molar-refractivity contribution in [2.75, 3.05) is 39.3 Å². The Hall–Kier alpha value is -1.09. The van der Waals surface area contributed by atoms with Crippen LogP contribution in [0.5, 0.6) is 0 Å². The van der Waals surface area contributed by atoms with Crippen LogP contribution in [0.3, 0.4) is 0 Å². The Balaban J connectivity index is 1.61. The largest absolute Gasteiger partial charge is 0.372 e. The standard InChI is InChI=1S/C16H22F2N2O3S/c17-13-4-5-16(15(18)11-13)24(21,22)20-8-6-19(7-9-20)12-14-3-1-2-10-23-14/h4-5,11,14H,1-3,6-10,12H2/p+1/t14-/m1/s1. The number of nitrogens with one attached hydrogen (secondary N) is 1. The van der Waals surface area contributed by atoms with E-state index in [-0.39, 0.29) is 6.10 Å². The van der Waals surface area contributed by atoms with E-state index in [4.69, 9.17) is 4.74 Å². The number of piperazine rings is 1. The molecule has 2 saturated heterocycles. The molecule has 1 aromatic carbocycles. The number of rotatable bonds is 4. The SMILES string of the molecule is O=S(=O)(c1ccc(F)cc1F)N1CC[NH+](C[C@H]2CCCCO2)CC1. The fourth-order valence-corrected chi connectivity index (χ4v) is 4.85. The second kappa shape index (κ2) is 7.43. The number of benzene rings is 1. The van der Waals surface area contributed by atoms with Gasteiger partial charge < -0.3 is 9.64 Å². The quantitative estimate of drug-likeness (QED) is 0.846. The number of hydrogen-bond donors (Lipinski definition) is 1. The lowest BCUT2D eigenvalue weighted by atomic mass is 10.1. The lowest BCUT2D eigenvalue weighted by Crippen LogP contribution is -3.15. The third-order valence-corrected chi connectivity index (χ3v) is 6.66. The zero-order valence-electron chi connectivity index (χ0n) is 13.5. The predicted molar refractivity (Wildman–Crippen MR) is 84.3 cm³/mol. The summed E-state index contributed by atoms with van der Waals surface area (Å²) in [5.74, 6) is -1.83. The maximum atomic E-state index is 13.8. The Morgan fingerprint density at radius 1 is 1.21 bits per heavy atom. The van der Waals surface area contributed by atoms with E-state index in [0.717, 1.165) is 38.1 Å². The van der Waals surface area contributed by atoms with Crippen molar-refractivity contribution in [1.82, 2.24) is 4.31 Å². The van der Waals surface area contributed by atoms with Gasteiger partial charge in [0.2, 0.25) is 10.0 Å². The van der Waals surface area contributed by atoms with Crippen LogP contribution in [-0.4, -0.2) is 58.2 Å². The summed E-state index contributed by atoms with van der Waals surface area (Å²) in [7, 11) is -3.92. The van der Waals surface area contributed by atoms with Crippen LogP contribution in [0, 0.1) is 11.6 Å². The maximum absolute atomic E-state index is 13.8. The molecule has 0 spiro atoms. The van der Waals surface area contributed by atoms with Crippen molar-refractivity contribution in [1.29, 1.82) is 0 Å². The smallest absolute Gasteiger partial charge is 0.246 e. The van der Waals surface area contributed by atoms with E-state index in [0.29, 0.717) is 32.2 Å². The number of ether oxygens (including phenoxy) is 1. The van der Waals surface area contributed by atoms with Gasteiger partial charge in [-0.3, -0.25) is 0 Å². The van der Waals surface area contributed by atoms with E-state index in [9.17, 15) is 17.2 Å². The van der Waals surface area contributed by atoms with Crippen molar-refractivity contribution in [2.24, 2.45) is 0 Å². The topological polar surface area (TPSA) is 51.0 Å². The first-order valence-electron chi connectivity index (χ1n) is 8.37. The van der Waals surface area contributed by atoms with Crippen LogP contribution >= 0.6 is 0 Å². The number of hydrogen-bond acceptors (Lipinski definition) is 3. The minimum atomic E-state index is -3.92. The molecule has 24 heavy (non-hydrogen) atoms. The van der Waals surface area contributed by atoms with Crippen molar-refractivity contribution >= 4 is 10.0 Å². The van der Waals surface area contributed by atoms with Crippen molar-refractivity contribution < 1.29 is 26.8 Å². The zero-order chi connectivity index (χ0) is 17.2. The highest BCUT2D eigenvalue weighted by atomic mass is 32.2. The van der Waals surface area contributed by atoms with Gasteiger partial charge in [0.25, 0.3) is 0 Å². The van der Waals surface area contributed by atoms with Crippen LogP contribution in [0.15, 0.2) is 23.1 Å². The molecule has 2 aliphatic heterocycles. The third kappa shape index (κ3) is 3.93. The Kier molecular flexibility index (Phi) is 5.49. The van der Waals surface area contributed by atoms with E-state index in [1.54, 1.807) is 0 Å². The van der Waals surface area contributed by atoms with Crippen LogP contribution in [0.25, 0.3) is 0 Å². The molecule has 0 aliphatic carbocycles. The first-order chi connectivity index (χ1) is 11.5. The van der Waals surface area contributed by atoms with Gasteiger partial charge in [-0.2, -0.15) is 4.31 Å². The van der Waals surface area contributed by atoms with Gasteiger partial charge in [0.05, 0.1) is 26.2 Å². The molecule has 2 fully saturated rings. The molecule has 0 aromatic heterocycles. The third-order valence-electron chi connectivity index (χ3n) is 4.73.